The minimum Gasteiger partial charge on any atom is -0.389 e. The number of nitrogens with zero attached hydrogens (tertiary/aromatic N) is 1. The number of rotatable bonds is 5. The molecule has 2 amide bonds. The number of hydrogen-bond donors (Lipinski definition) is 2. The van der Waals surface area contributed by atoms with E-state index in [1.54, 1.807) is 24.1 Å². The number of carbonyl (C=O) groups excluding carboxylic acids is 1. The second-order valence-electron chi connectivity index (χ2n) is 6.23. The lowest BCUT2D eigenvalue weighted by Gasteiger charge is -2.43. The first-order valence-electron chi connectivity index (χ1n) is 7.93. The van der Waals surface area contributed by atoms with Gasteiger partial charge in [-0.1, -0.05) is 19.1 Å². The van der Waals surface area contributed by atoms with Gasteiger partial charge in [-0.25, -0.2) is 9.18 Å². The lowest BCUT2D eigenvalue weighted by atomic mass is 9.80. The van der Waals surface area contributed by atoms with Crippen LogP contribution in [0.2, 0.25) is 0 Å². The smallest absolute Gasteiger partial charge is 0.317 e. The first kappa shape index (κ1) is 17.7. The molecule has 5 nitrogen and oxygen atoms in total. The summed E-state index contributed by atoms with van der Waals surface area (Å²) in [7, 11) is 1.61. The minimum absolute atomic E-state index is 0.0219. The van der Waals surface area contributed by atoms with E-state index in [1.807, 2.05) is 6.92 Å². The van der Waals surface area contributed by atoms with E-state index in [4.69, 9.17) is 4.74 Å². The van der Waals surface area contributed by atoms with Crippen molar-refractivity contribution in [3.05, 3.63) is 35.6 Å². The van der Waals surface area contributed by atoms with Gasteiger partial charge in [0.1, 0.15) is 5.82 Å². The Balaban J connectivity index is 1.85. The zero-order chi connectivity index (χ0) is 16.9. The molecule has 0 spiro atoms. The summed E-state index contributed by atoms with van der Waals surface area (Å²) in [6.45, 7) is 3.73. The third kappa shape index (κ3) is 4.65. The summed E-state index contributed by atoms with van der Waals surface area (Å²) in [4.78, 5) is 13.9. The number of likely N-dealkylation sites (tertiary alicyclic amines) is 1. The van der Waals surface area contributed by atoms with Crippen LogP contribution in [0.5, 0.6) is 0 Å². The second kappa shape index (κ2) is 7.75. The van der Waals surface area contributed by atoms with Crippen LogP contribution in [0.25, 0.3) is 0 Å². The first-order chi connectivity index (χ1) is 10.9. The molecule has 1 fully saturated rings. The minimum atomic E-state index is -0.782. The molecule has 0 aromatic heterocycles. The third-order valence-electron chi connectivity index (χ3n) is 4.59. The topological polar surface area (TPSA) is 61.8 Å². The van der Waals surface area contributed by atoms with Gasteiger partial charge in [0.25, 0.3) is 0 Å². The maximum atomic E-state index is 13.1. The van der Waals surface area contributed by atoms with Crippen molar-refractivity contribution in [1.82, 2.24) is 10.2 Å². The maximum Gasteiger partial charge on any atom is 0.317 e. The predicted molar refractivity (Wildman–Crippen MR) is 85.4 cm³/mol. The molecule has 0 bridgehead atoms. The Morgan fingerprint density at radius 2 is 2.35 bits per heavy atom. The fourth-order valence-corrected chi connectivity index (χ4v) is 2.94. The molecule has 6 heteroatoms. The van der Waals surface area contributed by atoms with E-state index in [0.29, 0.717) is 32.5 Å². The fraction of sp³-hybridized carbons (Fsp3) is 0.588. The van der Waals surface area contributed by atoms with Crippen molar-refractivity contribution in [3.63, 3.8) is 0 Å². The van der Waals surface area contributed by atoms with Crippen molar-refractivity contribution in [2.24, 2.45) is 5.92 Å². The largest absolute Gasteiger partial charge is 0.389 e. The van der Waals surface area contributed by atoms with Gasteiger partial charge in [0.15, 0.2) is 0 Å². The number of nitrogens with one attached hydrogen (secondary N) is 1. The Hall–Kier alpha value is -1.66. The summed E-state index contributed by atoms with van der Waals surface area (Å²) in [5, 5.41) is 13.4. The van der Waals surface area contributed by atoms with E-state index >= 15 is 0 Å². The number of amides is 2. The molecule has 2 N–H and O–H groups in total. The molecule has 0 saturated carbocycles. The van der Waals surface area contributed by atoms with Crippen molar-refractivity contribution >= 4 is 6.03 Å². The van der Waals surface area contributed by atoms with Crippen LogP contribution < -0.4 is 5.32 Å². The Bertz CT molecular complexity index is 540. The molecule has 1 saturated heterocycles. The first-order valence-corrected chi connectivity index (χ1v) is 7.93. The van der Waals surface area contributed by atoms with Gasteiger partial charge in [-0.2, -0.15) is 0 Å². The summed E-state index contributed by atoms with van der Waals surface area (Å²) in [6.07, 6.45) is 1.11. The van der Waals surface area contributed by atoms with Gasteiger partial charge in [-0.3, -0.25) is 0 Å². The van der Waals surface area contributed by atoms with Gasteiger partial charge in [0.05, 0.1) is 5.60 Å². The number of piperidine rings is 1. The van der Waals surface area contributed by atoms with Crippen LogP contribution in [0.4, 0.5) is 9.18 Å². The van der Waals surface area contributed by atoms with Gasteiger partial charge in [0, 0.05) is 39.3 Å². The zero-order valence-corrected chi connectivity index (χ0v) is 13.7. The van der Waals surface area contributed by atoms with Crippen LogP contribution in [0.3, 0.4) is 0 Å². The van der Waals surface area contributed by atoms with Gasteiger partial charge < -0.3 is 20.1 Å². The molecule has 0 radical (unpaired) electrons. The van der Waals surface area contributed by atoms with Crippen LogP contribution in [0, 0.1) is 11.7 Å². The average molecular weight is 324 g/mol. The monoisotopic (exact) mass is 324 g/mol. The zero-order valence-electron chi connectivity index (χ0n) is 13.7. The molecule has 1 heterocycles. The van der Waals surface area contributed by atoms with Gasteiger partial charge in [0.2, 0.25) is 0 Å². The van der Waals surface area contributed by atoms with Crippen LogP contribution in [0.1, 0.15) is 25.3 Å². The van der Waals surface area contributed by atoms with Gasteiger partial charge in [-0.05, 0) is 30.5 Å². The van der Waals surface area contributed by atoms with Crippen molar-refractivity contribution in [1.29, 1.82) is 0 Å². The predicted octanol–water partition coefficient (Wildman–Crippen LogP) is 2.14. The number of halogens is 1. The van der Waals surface area contributed by atoms with Gasteiger partial charge >= 0.3 is 6.03 Å². The second-order valence-corrected chi connectivity index (χ2v) is 6.23. The third-order valence-corrected chi connectivity index (χ3v) is 4.59. The Morgan fingerprint density at radius 3 is 3.00 bits per heavy atom. The summed E-state index contributed by atoms with van der Waals surface area (Å²) < 4.78 is 18.2. The van der Waals surface area contributed by atoms with E-state index < -0.39 is 5.60 Å². The normalized spacial score (nSPS) is 24.5. The van der Waals surface area contributed by atoms with E-state index in [1.165, 1.54) is 12.1 Å². The standard InChI is InChI=1S/C17H25FN2O3/c1-13-12-20(8-6-17(13,22)7-9-23-2)16(21)19-11-14-4-3-5-15(18)10-14/h3-5,10,13,22H,6-9,11-12H2,1-2H3,(H,19,21)/t13-,17-/m1/s1. The number of methoxy groups -OCH3 is 1. The highest BCUT2D eigenvalue weighted by atomic mass is 19.1. The molecule has 2 rings (SSSR count). The van der Waals surface area contributed by atoms with E-state index in [2.05, 4.69) is 5.32 Å². The Morgan fingerprint density at radius 1 is 1.57 bits per heavy atom. The molecule has 1 aromatic rings. The molecular weight excluding hydrogens is 299 g/mol. The summed E-state index contributed by atoms with van der Waals surface area (Å²) in [5.74, 6) is -0.335. The highest BCUT2D eigenvalue weighted by molar-refractivity contribution is 5.74. The number of ether oxygens (including phenoxy) is 1. The number of aliphatic hydroxyl groups is 1. The molecule has 0 unspecified atom stereocenters. The summed E-state index contributed by atoms with van der Waals surface area (Å²) in [5.41, 5.74) is -0.0602. The summed E-state index contributed by atoms with van der Waals surface area (Å²) >= 11 is 0. The lowest BCUT2D eigenvalue weighted by Crippen LogP contribution is -2.54. The molecule has 23 heavy (non-hydrogen) atoms. The Labute approximate surface area is 136 Å². The Kier molecular flexibility index (Phi) is 5.96. The van der Waals surface area contributed by atoms with E-state index in [9.17, 15) is 14.3 Å². The summed E-state index contributed by atoms with van der Waals surface area (Å²) in [6, 6.07) is 5.98. The number of urea groups is 1. The van der Waals surface area contributed by atoms with Crippen LogP contribution >= 0.6 is 0 Å². The number of hydrogen-bond acceptors (Lipinski definition) is 3. The van der Waals surface area contributed by atoms with Crippen molar-refractivity contribution in [3.8, 4) is 0 Å². The van der Waals surface area contributed by atoms with Crippen LogP contribution in [-0.4, -0.2) is 48.4 Å². The molecule has 1 aromatic carbocycles. The van der Waals surface area contributed by atoms with E-state index in [-0.39, 0.29) is 24.3 Å². The number of carbonyl (C=O) groups is 1. The van der Waals surface area contributed by atoms with Gasteiger partial charge in [-0.15, -0.1) is 0 Å². The quantitative estimate of drug-likeness (QED) is 0.872. The molecule has 1 aliphatic rings. The van der Waals surface area contributed by atoms with Crippen molar-refractivity contribution in [2.75, 3.05) is 26.8 Å². The van der Waals surface area contributed by atoms with Crippen molar-refractivity contribution in [2.45, 2.75) is 31.9 Å². The SMILES string of the molecule is COCC[C@]1(O)CCN(C(=O)NCc2cccc(F)c2)C[C@H]1C. The molecule has 128 valence electrons. The van der Waals surface area contributed by atoms with Crippen molar-refractivity contribution < 1.29 is 19.0 Å². The van der Waals surface area contributed by atoms with Crippen LogP contribution in [-0.2, 0) is 11.3 Å². The fourth-order valence-electron chi connectivity index (χ4n) is 2.94. The number of benzene rings is 1. The molecule has 0 aliphatic carbocycles. The average Bonchev–Trinajstić information content (AvgIpc) is 2.53. The molecular formula is C17H25FN2O3. The molecule has 2 atom stereocenters. The highest BCUT2D eigenvalue weighted by Gasteiger charge is 2.39. The maximum absolute atomic E-state index is 13.1. The lowest BCUT2D eigenvalue weighted by molar-refractivity contribution is -0.0732. The van der Waals surface area contributed by atoms with Crippen LogP contribution in [0.15, 0.2) is 24.3 Å². The highest BCUT2D eigenvalue weighted by Crippen LogP contribution is 2.30. The van der Waals surface area contributed by atoms with E-state index in [0.717, 1.165) is 5.56 Å². The molecule has 1 aliphatic heterocycles.